The van der Waals surface area contributed by atoms with Crippen LogP contribution < -0.4 is 16.0 Å². The van der Waals surface area contributed by atoms with Gasteiger partial charge in [0, 0.05) is 55.5 Å². The average molecular weight is 419 g/mol. The highest BCUT2D eigenvalue weighted by Gasteiger charge is 2.33. The number of carbonyl (C=O) groups is 1. The molecule has 0 spiro atoms. The summed E-state index contributed by atoms with van der Waals surface area (Å²) in [5.41, 5.74) is 1.39. The Morgan fingerprint density at radius 2 is 2.37 bits per heavy atom. The number of hydrogen-bond acceptors (Lipinski definition) is 6. The van der Waals surface area contributed by atoms with Crippen LogP contribution in [0.15, 0.2) is 42.3 Å². The van der Waals surface area contributed by atoms with Crippen molar-refractivity contribution in [3.05, 3.63) is 47.9 Å². The van der Waals surface area contributed by atoms with Crippen molar-refractivity contribution < 1.29 is 14.3 Å². The molecule has 1 saturated heterocycles. The molecule has 4 atom stereocenters. The summed E-state index contributed by atoms with van der Waals surface area (Å²) in [5.74, 6) is -0.419. The predicted molar refractivity (Wildman–Crippen MR) is 114 cm³/mol. The van der Waals surface area contributed by atoms with Gasteiger partial charge < -0.3 is 31.0 Å². The molecule has 1 aromatic rings. The summed E-state index contributed by atoms with van der Waals surface area (Å²) >= 11 is 0. The third-order valence-electron chi connectivity index (χ3n) is 5.51. The fourth-order valence-electron chi connectivity index (χ4n) is 3.95. The van der Waals surface area contributed by atoms with Crippen LogP contribution >= 0.6 is 0 Å². The van der Waals surface area contributed by atoms with E-state index in [9.17, 15) is 14.3 Å². The van der Waals surface area contributed by atoms with E-state index >= 15 is 0 Å². The van der Waals surface area contributed by atoms with E-state index < -0.39 is 12.5 Å². The van der Waals surface area contributed by atoms with E-state index in [-0.39, 0.29) is 36.5 Å². The van der Waals surface area contributed by atoms with E-state index in [1.54, 1.807) is 23.2 Å². The zero-order valence-electron chi connectivity index (χ0n) is 17.2. The Balaban J connectivity index is 1.84. The van der Waals surface area contributed by atoms with Crippen molar-refractivity contribution >= 4 is 11.6 Å². The van der Waals surface area contributed by atoms with Crippen LogP contribution in [0.4, 0.5) is 4.39 Å². The minimum absolute atomic E-state index is 0.0500. The number of halogens is 1. The van der Waals surface area contributed by atoms with Crippen LogP contribution in [0.2, 0.25) is 0 Å². The number of nitrogens with zero attached hydrogens (tertiary/aromatic N) is 1. The van der Waals surface area contributed by atoms with Crippen molar-refractivity contribution in [1.82, 2.24) is 25.8 Å². The lowest BCUT2D eigenvalue weighted by Gasteiger charge is -2.37. The first-order valence-corrected chi connectivity index (χ1v) is 10.3. The molecule has 9 heteroatoms. The van der Waals surface area contributed by atoms with Gasteiger partial charge in [-0.25, -0.2) is 4.39 Å². The smallest absolute Gasteiger partial charge is 0.270 e. The number of H-pyrrole nitrogens is 1. The minimum atomic E-state index is -1.35. The Morgan fingerprint density at radius 1 is 1.57 bits per heavy atom. The molecule has 2 aliphatic heterocycles. The van der Waals surface area contributed by atoms with E-state index in [0.717, 1.165) is 13.0 Å². The fraction of sp³-hybridized carbons (Fsp3) is 0.524. The lowest BCUT2D eigenvalue weighted by Crippen LogP contribution is -2.50. The van der Waals surface area contributed by atoms with E-state index in [4.69, 9.17) is 5.41 Å². The maximum Gasteiger partial charge on any atom is 0.270 e. The first-order chi connectivity index (χ1) is 14.4. The number of aliphatic hydroxyl groups is 1. The quantitative estimate of drug-likeness (QED) is 0.156. The zero-order chi connectivity index (χ0) is 21.7. The number of hydrogen-bond donors (Lipinski definition) is 6. The minimum Gasteiger partial charge on any atom is -0.373 e. The number of aliphatic hydroxyl groups excluding tert-OH is 1. The SMILES string of the molecule is C=CCC(F)NC1=C(C(=N)C(O)NC2CCNC2)CN(C(=O)c2ccc[nH]2)CC1C. The molecule has 6 N–H and O–H groups in total. The second kappa shape index (κ2) is 10.0. The Bertz CT molecular complexity index is 787. The zero-order valence-corrected chi connectivity index (χ0v) is 17.2. The van der Waals surface area contributed by atoms with Gasteiger partial charge in [0.15, 0.2) is 6.30 Å². The van der Waals surface area contributed by atoms with E-state index in [2.05, 4.69) is 27.5 Å². The fourth-order valence-corrected chi connectivity index (χ4v) is 3.95. The van der Waals surface area contributed by atoms with Crippen LogP contribution in [-0.4, -0.2) is 71.4 Å². The van der Waals surface area contributed by atoms with Gasteiger partial charge in [0.25, 0.3) is 5.91 Å². The summed E-state index contributed by atoms with van der Waals surface area (Å²) in [5, 5.41) is 28.3. The maximum absolute atomic E-state index is 14.3. The molecule has 0 radical (unpaired) electrons. The van der Waals surface area contributed by atoms with E-state index in [1.807, 2.05) is 6.92 Å². The molecule has 0 saturated carbocycles. The number of aromatic nitrogens is 1. The highest BCUT2D eigenvalue weighted by atomic mass is 19.1. The molecule has 3 heterocycles. The number of aromatic amines is 1. The maximum atomic E-state index is 14.3. The summed E-state index contributed by atoms with van der Waals surface area (Å²) in [4.78, 5) is 17.4. The molecule has 3 rings (SSSR count). The molecule has 1 fully saturated rings. The summed E-state index contributed by atoms with van der Waals surface area (Å²) in [6.45, 7) is 7.52. The molecular weight excluding hydrogens is 387 g/mol. The third-order valence-corrected chi connectivity index (χ3v) is 5.51. The molecule has 164 valence electrons. The van der Waals surface area contributed by atoms with Crippen molar-refractivity contribution in [3.63, 3.8) is 0 Å². The monoisotopic (exact) mass is 418 g/mol. The molecule has 1 amide bonds. The number of rotatable bonds is 9. The molecule has 30 heavy (non-hydrogen) atoms. The van der Waals surface area contributed by atoms with Gasteiger partial charge in [0.05, 0.1) is 5.71 Å². The number of amides is 1. The highest BCUT2D eigenvalue weighted by molar-refractivity contribution is 6.03. The molecular formula is C21H31FN6O2. The van der Waals surface area contributed by atoms with Crippen molar-refractivity contribution in [3.8, 4) is 0 Å². The first-order valence-electron chi connectivity index (χ1n) is 10.3. The largest absolute Gasteiger partial charge is 0.373 e. The van der Waals surface area contributed by atoms with Crippen LogP contribution in [0, 0.1) is 11.3 Å². The summed E-state index contributed by atoms with van der Waals surface area (Å²) in [7, 11) is 0. The second-order valence-corrected chi connectivity index (χ2v) is 7.87. The van der Waals surface area contributed by atoms with Crippen LogP contribution in [0.3, 0.4) is 0 Å². The van der Waals surface area contributed by atoms with Crippen LogP contribution in [-0.2, 0) is 0 Å². The van der Waals surface area contributed by atoms with Gasteiger partial charge in [-0.3, -0.25) is 10.1 Å². The van der Waals surface area contributed by atoms with Gasteiger partial charge in [0.1, 0.15) is 11.9 Å². The van der Waals surface area contributed by atoms with Gasteiger partial charge in [-0.2, -0.15) is 0 Å². The summed E-state index contributed by atoms with van der Waals surface area (Å²) in [6.07, 6.45) is 1.59. The van der Waals surface area contributed by atoms with Gasteiger partial charge in [-0.1, -0.05) is 13.0 Å². The number of alkyl halides is 1. The Morgan fingerprint density at radius 3 is 3.00 bits per heavy atom. The van der Waals surface area contributed by atoms with E-state index in [1.165, 1.54) is 6.08 Å². The van der Waals surface area contributed by atoms with Crippen LogP contribution in [0.1, 0.15) is 30.3 Å². The van der Waals surface area contributed by atoms with Gasteiger partial charge in [-0.05, 0) is 25.1 Å². The Labute approximate surface area is 176 Å². The molecule has 2 aliphatic rings. The third kappa shape index (κ3) is 5.16. The standard InChI is InChI=1S/C21H31FN6O2/c1-3-5-17(22)27-19-13(2)11-28(21(30)16-6-4-8-25-16)12-15(19)18(23)20(29)26-14-7-9-24-10-14/h3-4,6,8,13-14,17,20,23-27,29H,1,5,7,9-12H2,2H3. The van der Waals surface area contributed by atoms with Gasteiger partial charge >= 0.3 is 0 Å². The lowest BCUT2D eigenvalue weighted by atomic mass is 9.92. The summed E-state index contributed by atoms with van der Waals surface area (Å²) in [6, 6.07) is 3.50. The van der Waals surface area contributed by atoms with Gasteiger partial charge in [0.2, 0.25) is 0 Å². The molecule has 8 nitrogen and oxygen atoms in total. The molecule has 1 aromatic heterocycles. The predicted octanol–water partition coefficient (Wildman–Crippen LogP) is 1.11. The first kappa shape index (κ1) is 22.2. The van der Waals surface area contributed by atoms with Crippen molar-refractivity contribution in [2.45, 2.75) is 38.3 Å². The lowest BCUT2D eigenvalue weighted by molar-refractivity contribution is 0.0734. The molecule has 0 aromatic carbocycles. The van der Waals surface area contributed by atoms with Crippen molar-refractivity contribution in [2.75, 3.05) is 26.2 Å². The van der Waals surface area contributed by atoms with Crippen molar-refractivity contribution in [2.24, 2.45) is 5.92 Å². The van der Waals surface area contributed by atoms with Gasteiger partial charge in [-0.15, -0.1) is 6.58 Å². The molecule has 0 aliphatic carbocycles. The second-order valence-electron chi connectivity index (χ2n) is 7.87. The molecule has 4 unspecified atom stereocenters. The summed E-state index contributed by atoms with van der Waals surface area (Å²) < 4.78 is 14.3. The molecule has 0 bridgehead atoms. The average Bonchev–Trinajstić information content (AvgIpc) is 3.42. The Hall–Kier alpha value is -2.49. The number of carbonyl (C=O) groups excluding carboxylic acids is 1. The topological polar surface area (TPSA) is 116 Å². The van der Waals surface area contributed by atoms with Crippen LogP contribution in [0.5, 0.6) is 0 Å². The normalized spacial score (nSPS) is 23.9. The van der Waals surface area contributed by atoms with E-state index in [0.29, 0.717) is 30.1 Å². The number of nitrogens with one attached hydrogen (secondary N) is 5. The Kier molecular flexibility index (Phi) is 7.41. The van der Waals surface area contributed by atoms with Crippen LogP contribution in [0.25, 0.3) is 0 Å². The van der Waals surface area contributed by atoms with Crippen molar-refractivity contribution in [1.29, 1.82) is 5.41 Å². The highest BCUT2D eigenvalue weighted by Crippen LogP contribution is 2.25.